The second-order valence-corrected chi connectivity index (χ2v) is 20.5. The fourth-order valence-electron chi connectivity index (χ4n) is 13.1. The van der Waals surface area contributed by atoms with Gasteiger partial charge in [0.2, 0.25) is 0 Å². The van der Waals surface area contributed by atoms with Gasteiger partial charge in [0.1, 0.15) is 0 Å². The summed E-state index contributed by atoms with van der Waals surface area (Å²) in [5.74, 6) is 0. The van der Waals surface area contributed by atoms with E-state index in [1.165, 1.54) is 137 Å². The third kappa shape index (κ3) is 5.34. The van der Waals surface area contributed by atoms with Gasteiger partial charge < -0.3 is 13.7 Å². The van der Waals surface area contributed by atoms with Gasteiger partial charge in [0.25, 0.3) is 0 Å². The van der Waals surface area contributed by atoms with E-state index in [-0.39, 0.29) is 5.41 Å². The maximum atomic E-state index is 2.55. The number of benzene rings is 12. The smallest absolute Gasteiger partial charge is 0.0547 e. The molecule has 72 heavy (non-hydrogen) atoms. The molecule has 3 nitrogen and oxygen atoms in total. The van der Waals surface area contributed by atoms with Gasteiger partial charge in [-0.1, -0.05) is 147 Å². The number of para-hydroxylation sites is 4. The Hall–Kier alpha value is -9.18. The first-order valence-corrected chi connectivity index (χ1v) is 25.2. The first-order chi connectivity index (χ1) is 35.5. The van der Waals surface area contributed by atoms with Crippen LogP contribution < -0.4 is 0 Å². The molecule has 0 amide bonds. The lowest BCUT2D eigenvalue weighted by Crippen LogP contribution is -2.15. The molecule has 336 valence electrons. The van der Waals surface area contributed by atoms with Gasteiger partial charge in [0.05, 0.1) is 33.1 Å². The van der Waals surface area contributed by atoms with E-state index in [0.717, 1.165) is 11.4 Å². The second kappa shape index (κ2) is 14.4. The molecule has 0 atom stereocenters. The molecule has 1 aliphatic carbocycles. The van der Waals surface area contributed by atoms with Crippen molar-refractivity contribution in [3.63, 3.8) is 0 Å². The lowest BCUT2D eigenvalue weighted by Gasteiger charge is -2.22. The van der Waals surface area contributed by atoms with Crippen LogP contribution in [0.5, 0.6) is 0 Å². The van der Waals surface area contributed by atoms with Crippen molar-refractivity contribution in [3.8, 4) is 39.3 Å². The van der Waals surface area contributed by atoms with Crippen LogP contribution in [0.15, 0.2) is 237 Å². The van der Waals surface area contributed by atoms with Crippen molar-refractivity contribution in [2.24, 2.45) is 0 Å². The summed E-state index contributed by atoms with van der Waals surface area (Å²) in [4.78, 5) is 0. The zero-order valence-electron chi connectivity index (χ0n) is 39.9. The van der Waals surface area contributed by atoms with E-state index < -0.39 is 0 Å². The van der Waals surface area contributed by atoms with Crippen molar-refractivity contribution in [1.82, 2.24) is 13.7 Å². The van der Waals surface area contributed by atoms with Crippen LogP contribution in [0, 0.1) is 0 Å². The summed E-state index contributed by atoms with van der Waals surface area (Å²) in [5.41, 5.74) is 18.3. The number of rotatable bonds is 4. The second-order valence-electron chi connectivity index (χ2n) is 20.5. The molecule has 0 saturated carbocycles. The molecule has 0 bridgehead atoms. The summed E-state index contributed by atoms with van der Waals surface area (Å²) in [6.07, 6.45) is 0. The largest absolute Gasteiger partial charge is 0.309 e. The molecule has 0 spiro atoms. The predicted molar refractivity (Wildman–Crippen MR) is 305 cm³/mol. The highest BCUT2D eigenvalue weighted by atomic mass is 15.0. The molecule has 12 aromatic carbocycles. The number of aromatic nitrogens is 3. The van der Waals surface area contributed by atoms with Gasteiger partial charge in [-0.15, -0.1) is 0 Å². The third-order valence-corrected chi connectivity index (χ3v) is 16.4. The molecule has 15 aromatic rings. The van der Waals surface area contributed by atoms with Crippen LogP contribution in [0.2, 0.25) is 0 Å². The van der Waals surface area contributed by atoms with Gasteiger partial charge in [-0.3, -0.25) is 0 Å². The summed E-state index contributed by atoms with van der Waals surface area (Å²) in [7, 11) is 0. The molecule has 3 aromatic heterocycles. The fourth-order valence-corrected chi connectivity index (χ4v) is 13.1. The molecule has 0 radical (unpaired) electrons. The number of hydrogen-bond acceptors (Lipinski definition) is 0. The molecule has 0 unspecified atom stereocenters. The van der Waals surface area contributed by atoms with Gasteiger partial charge >= 0.3 is 0 Å². The summed E-state index contributed by atoms with van der Waals surface area (Å²) < 4.78 is 7.34. The van der Waals surface area contributed by atoms with Crippen LogP contribution in [0.1, 0.15) is 25.0 Å². The summed E-state index contributed by atoms with van der Waals surface area (Å²) in [6.45, 7) is 4.86. The Labute approximate surface area is 415 Å². The minimum absolute atomic E-state index is 0.234. The van der Waals surface area contributed by atoms with Crippen LogP contribution >= 0.6 is 0 Å². The minimum atomic E-state index is -0.234. The Morgan fingerprint density at radius 3 is 1.14 bits per heavy atom. The molecule has 3 heteroatoms. The van der Waals surface area contributed by atoms with E-state index in [2.05, 4.69) is 264 Å². The van der Waals surface area contributed by atoms with E-state index in [1.54, 1.807) is 0 Å². The molecular formula is C69H45N3. The molecular weight excluding hydrogens is 871 g/mol. The minimum Gasteiger partial charge on any atom is -0.309 e. The Bertz CT molecular complexity index is 4810. The summed E-state index contributed by atoms with van der Waals surface area (Å²) >= 11 is 0. The van der Waals surface area contributed by atoms with Gasteiger partial charge in [0.15, 0.2) is 0 Å². The maximum Gasteiger partial charge on any atom is 0.0547 e. The van der Waals surface area contributed by atoms with Crippen LogP contribution in [0.25, 0.3) is 137 Å². The molecule has 1 aliphatic rings. The van der Waals surface area contributed by atoms with E-state index >= 15 is 0 Å². The lowest BCUT2D eigenvalue weighted by molar-refractivity contribution is 0.662. The average Bonchev–Trinajstić information content (AvgIpc) is 4.12. The van der Waals surface area contributed by atoms with E-state index in [1.807, 2.05) is 0 Å². The molecule has 3 heterocycles. The van der Waals surface area contributed by atoms with Gasteiger partial charge in [-0.2, -0.15) is 0 Å². The quantitative estimate of drug-likeness (QED) is 0.156. The van der Waals surface area contributed by atoms with Gasteiger partial charge in [-0.25, -0.2) is 0 Å². The van der Waals surface area contributed by atoms with Crippen molar-refractivity contribution >= 4 is 97.7 Å². The number of hydrogen-bond donors (Lipinski definition) is 0. The van der Waals surface area contributed by atoms with Crippen LogP contribution in [0.3, 0.4) is 0 Å². The monoisotopic (exact) mass is 915 g/mol. The molecule has 16 rings (SSSR count). The topological polar surface area (TPSA) is 14.8 Å². The number of fused-ring (bicyclic) bond motifs is 18. The standard InChI is InChI=1S/C69H45N3/c1-69(2)61-39-54-50-24-12-10-22-48(50)47-21-9-11-23-49(47)53(54)38-55(61)56-41-68-60(40-62(56)69)58-36-43(42-29-32-65-57(35-42)51-25-13-15-27-63(51)70(65)44-17-5-3-6-18-44)30-33-66(58)72(68)46-31-34-67-59(37-46)52-26-14-16-28-64(52)71(67)45-19-7-4-8-20-45/h3-41H,1-2H3. The van der Waals surface area contributed by atoms with Crippen LogP contribution in [-0.4, -0.2) is 13.7 Å². The molecule has 0 aliphatic heterocycles. The van der Waals surface area contributed by atoms with Crippen LogP contribution in [0.4, 0.5) is 0 Å². The molecule has 0 N–H and O–H groups in total. The van der Waals surface area contributed by atoms with Crippen LogP contribution in [-0.2, 0) is 5.41 Å². The number of nitrogens with zero attached hydrogens (tertiary/aromatic N) is 3. The highest BCUT2D eigenvalue weighted by Crippen LogP contribution is 2.54. The van der Waals surface area contributed by atoms with Gasteiger partial charge in [0, 0.05) is 54.8 Å². The zero-order valence-corrected chi connectivity index (χ0v) is 39.9. The van der Waals surface area contributed by atoms with E-state index in [9.17, 15) is 0 Å². The first-order valence-electron chi connectivity index (χ1n) is 25.2. The SMILES string of the molecule is CC1(C)c2cc3c4ccccc4c4ccccc4c3cc2-c2cc3c(cc21)c1cc(-c2ccc4c(c2)c2ccccc2n4-c2ccccc2)ccc1n3-c1ccc2c(c1)c1ccccc1n2-c1ccccc1. The average molecular weight is 916 g/mol. The Morgan fingerprint density at radius 2 is 0.597 bits per heavy atom. The molecule has 0 saturated heterocycles. The van der Waals surface area contributed by atoms with E-state index in [4.69, 9.17) is 0 Å². The molecule has 0 fully saturated rings. The van der Waals surface area contributed by atoms with Crippen molar-refractivity contribution in [1.29, 1.82) is 0 Å². The fraction of sp³-hybridized carbons (Fsp3) is 0.0435. The van der Waals surface area contributed by atoms with Crippen molar-refractivity contribution in [2.45, 2.75) is 19.3 Å². The summed E-state index contributed by atoms with van der Waals surface area (Å²) in [6, 6.07) is 88.4. The lowest BCUT2D eigenvalue weighted by atomic mass is 9.81. The Balaban J connectivity index is 0.964. The first kappa shape index (κ1) is 39.6. The highest BCUT2D eigenvalue weighted by molar-refractivity contribution is 6.26. The van der Waals surface area contributed by atoms with Crippen molar-refractivity contribution < 1.29 is 0 Å². The van der Waals surface area contributed by atoms with Gasteiger partial charge in [-0.05, 0) is 169 Å². The Kier molecular flexibility index (Phi) is 7.95. The predicted octanol–water partition coefficient (Wildman–Crippen LogP) is 18.4. The highest BCUT2D eigenvalue weighted by Gasteiger charge is 2.37. The maximum absolute atomic E-state index is 2.55. The zero-order chi connectivity index (χ0) is 47.4. The Morgan fingerprint density at radius 1 is 0.236 bits per heavy atom. The normalized spacial score (nSPS) is 13.2. The summed E-state index contributed by atoms with van der Waals surface area (Å²) in [5, 5.41) is 15.3. The van der Waals surface area contributed by atoms with Crippen molar-refractivity contribution in [3.05, 3.63) is 248 Å². The van der Waals surface area contributed by atoms with E-state index in [0.29, 0.717) is 0 Å². The third-order valence-electron chi connectivity index (χ3n) is 16.4. The van der Waals surface area contributed by atoms with Crippen molar-refractivity contribution in [2.75, 3.05) is 0 Å².